The number of alkyl halides is 1. The molecule has 2 rings (SSSR count). The quantitative estimate of drug-likeness (QED) is 0.582. The Balaban J connectivity index is 2.42. The fraction of sp³-hybridized carbons (Fsp3) is 0.600. The molecule has 1 saturated carbocycles. The van der Waals surface area contributed by atoms with Crippen molar-refractivity contribution < 1.29 is 14.1 Å². The Hall–Kier alpha value is -1.79. The van der Waals surface area contributed by atoms with Crippen LogP contribution in [-0.4, -0.2) is 20.5 Å². The van der Waals surface area contributed by atoms with Gasteiger partial charge in [-0.3, -0.25) is 19.6 Å². The van der Waals surface area contributed by atoms with Crippen LogP contribution in [0.5, 0.6) is 0 Å². The summed E-state index contributed by atoms with van der Waals surface area (Å²) >= 11 is 0. The monoisotopic (exact) mass is 241 g/mol. The molecule has 1 fully saturated rings. The van der Waals surface area contributed by atoms with Crippen LogP contribution in [0.1, 0.15) is 31.4 Å². The Labute approximate surface area is 96.6 Å². The molecule has 0 amide bonds. The van der Waals surface area contributed by atoms with Crippen molar-refractivity contribution in [2.75, 3.05) is 0 Å². The van der Waals surface area contributed by atoms with E-state index in [-0.39, 0.29) is 42.8 Å². The number of hydrogen-bond donors (Lipinski definition) is 0. The van der Waals surface area contributed by atoms with Gasteiger partial charge in [-0.2, -0.15) is 5.10 Å². The zero-order valence-electron chi connectivity index (χ0n) is 9.35. The molecule has 1 aliphatic carbocycles. The molecule has 0 atom stereocenters. The van der Waals surface area contributed by atoms with Crippen molar-refractivity contribution in [3.8, 4) is 0 Å². The maximum Gasteiger partial charge on any atom is 0.313 e. The zero-order valence-corrected chi connectivity index (χ0v) is 9.35. The minimum atomic E-state index is -1.82. The second-order valence-corrected chi connectivity index (χ2v) is 4.26. The molecule has 1 aliphatic rings. The predicted molar refractivity (Wildman–Crippen MR) is 56.1 cm³/mol. The van der Waals surface area contributed by atoms with Crippen molar-refractivity contribution in [2.24, 2.45) is 7.05 Å². The Morgan fingerprint density at radius 1 is 1.53 bits per heavy atom. The SMILES string of the molecule is Cn1ncc([N+](=O)[O-])c1C1(F)CCC(=O)CC1. The van der Waals surface area contributed by atoms with E-state index < -0.39 is 10.6 Å². The van der Waals surface area contributed by atoms with Gasteiger partial charge in [-0.1, -0.05) is 0 Å². The average Bonchev–Trinajstić information content (AvgIpc) is 2.66. The molecule has 0 bridgehead atoms. The third kappa shape index (κ3) is 1.92. The molecule has 17 heavy (non-hydrogen) atoms. The smallest absolute Gasteiger partial charge is 0.300 e. The Morgan fingerprint density at radius 2 is 2.12 bits per heavy atom. The third-order valence-corrected chi connectivity index (χ3v) is 3.14. The molecule has 0 saturated heterocycles. The number of aromatic nitrogens is 2. The van der Waals surface area contributed by atoms with Crippen molar-refractivity contribution in [1.29, 1.82) is 0 Å². The minimum absolute atomic E-state index is 0.00287. The van der Waals surface area contributed by atoms with Crippen LogP contribution in [-0.2, 0) is 17.5 Å². The molecule has 0 spiro atoms. The second kappa shape index (κ2) is 3.90. The van der Waals surface area contributed by atoms with Gasteiger partial charge in [0.2, 0.25) is 0 Å². The molecule has 92 valence electrons. The highest BCUT2D eigenvalue weighted by Crippen LogP contribution is 2.42. The van der Waals surface area contributed by atoms with Crippen molar-refractivity contribution in [3.05, 3.63) is 22.0 Å². The highest BCUT2D eigenvalue weighted by molar-refractivity contribution is 5.79. The normalized spacial score (nSPS) is 19.3. The summed E-state index contributed by atoms with van der Waals surface area (Å²) in [5, 5.41) is 14.5. The fourth-order valence-electron chi connectivity index (χ4n) is 2.24. The van der Waals surface area contributed by atoms with Gasteiger partial charge < -0.3 is 0 Å². The molecule has 1 heterocycles. The lowest BCUT2D eigenvalue weighted by atomic mass is 9.83. The third-order valence-electron chi connectivity index (χ3n) is 3.14. The van der Waals surface area contributed by atoms with Crippen LogP contribution in [0.15, 0.2) is 6.20 Å². The van der Waals surface area contributed by atoms with Crippen LogP contribution in [0.3, 0.4) is 0 Å². The number of Topliss-reactive ketones (excluding diaryl/α,β-unsaturated/α-hetero) is 1. The molecule has 0 N–H and O–H groups in total. The molecule has 7 heteroatoms. The summed E-state index contributed by atoms with van der Waals surface area (Å²) in [7, 11) is 1.47. The molecular formula is C10H12FN3O3. The lowest BCUT2D eigenvalue weighted by Crippen LogP contribution is -2.30. The first-order chi connectivity index (χ1) is 7.94. The lowest BCUT2D eigenvalue weighted by molar-refractivity contribution is -0.386. The van der Waals surface area contributed by atoms with E-state index in [0.29, 0.717) is 0 Å². The number of halogens is 1. The van der Waals surface area contributed by atoms with E-state index in [9.17, 15) is 19.3 Å². The van der Waals surface area contributed by atoms with Crippen LogP contribution < -0.4 is 0 Å². The summed E-state index contributed by atoms with van der Waals surface area (Å²) in [5.74, 6) is 0.00287. The molecule has 6 nitrogen and oxygen atoms in total. The molecule has 0 aromatic carbocycles. The van der Waals surface area contributed by atoms with Gasteiger partial charge in [0, 0.05) is 19.9 Å². The number of nitrogens with zero attached hydrogens (tertiary/aromatic N) is 3. The van der Waals surface area contributed by atoms with Crippen LogP contribution in [0.2, 0.25) is 0 Å². The van der Waals surface area contributed by atoms with Crippen LogP contribution in [0.4, 0.5) is 10.1 Å². The summed E-state index contributed by atoms with van der Waals surface area (Å²) in [5.41, 5.74) is -2.17. The molecule has 0 radical (unpaired) electrons. The fourth-order valence-corrected chi connectivity index (χ4v) is 2.24. The van der Waals surface area contributed by atoms with Crippen molar-refractivity contribution in [2.45, 2.75) is 31.4 Å². The number of hydrogen-bond acceptors (Lipinski definition) is 4. The average molecular weight is 241 g/mol. The van der Waals surface area contributed by atoms with Crippen LogP contribution in [0, 0.1) is 10.1 Å². The highest BCUT2D eigenvalue weighted by atomic mass is 19.1. The van der Waals surface area contributed by atoms with E-state index in [1.807, 2.05) is 0 Å². The van der Waals surface area contributed by atoms with Crippen molar-refractivity contribution >= 4 is 11.5 Å². The van der Waals surface area contributed by atoms with Crippen molar-refractivity contribution in [1.82, 2.24) is 9.78 Å². The molecular weight excluding hydrogens is 229 g/mol. The maximum atomic E-state index is 14.7. The topological polar surface area (TPSA) is 78.0 Å². The standard InChI is InChI=1S/C10H12FN3O3/c1-13-9(8(6-12-13)14(16)17)10(11)4-2-7(15)3-5-10/h6H,2-5H2,1H3. The van der Waals surface area contributed by atoms with E-state index in [1.165, 1.54) is 11.7 Å². The number of carbonyl (C=O) groups excluding carboxylic acids is 1. The Bertz CT molecular complexity index is 473. The summed E-state index contributed by atoms with van der Waals surface area (Å²) < 4.78 is 15.9. The van der Waals surface area contributed by atoms with Crippen LogP contribution >= 0.6 is 0 Å². The summed E-state index contributed by atoms with van der Waals surface area (Å²) in [6, 6.07) is 0. The van der Waals surface area contributed by atoms with E-state index in [0.717, 1.165) is 6.20 Å². The molecule has 1 aromatic heterocycles. The first kappa shape index (κ1) is 11.7. The van der Waals surface area contributed by atoms with Gasteiger partial charge in [0.1, 0.15) is 12.0 Å². The number of carbonyl (C=O) groups is 1. The van der Waals surface area contributed by atoms with Gasteiger partial charge >= 0.3 is 5.69 Å². The Kier molecular flexibility index (Phi) is 2.68. The minimum Gasteiger partial charge on any atom is -0.300 e. The van der Waals surface area contributed by atoms with Gasteiger partial charge in [-0.05, 0) is 12.8 Å². The Morgan fingerprint density at radius 3 is 2.65 bits per heavy atom. The zero-order chi connectivity index (χ0) is 12.6. The molecule has 1 aromatic rings. The van der Waals surface area contributed by atoms with E-state index in [1.54, 1.807) is 0 Å². The summed E-state index contributed by atoms with van der Waals surface area (Å²) in [4.78, 5) is 21.3. The largest absolute Gasteiger partial charge is 0.313 e. The van der Waals surface area contributed by atoms with Crippen molar-refractivity contribution in [3.63, 3.8) is 0 Å². The van der Waals surface area contributed by atoms with Gasteiger partial charge in [0.05, 0.1) is 4.92 Å². The number of rotatable bonds is 2. The summed E-state index contributed by atoms with van der Waals surface area (Å²) in [6.45, 7) is 0. The van der Waals surface area contributed by atoms with E-state index >= 15 is 0 Å². The first-order valence-corrected chi connectivity index (χ1v) is 5.31. The van der Waals surface area contributed by atoms with Crippen LogP contribution in [0.25, 0.3) is 0 Å². The predicted octanol–water partition coefficient (Wildman–Crippen LogP) is 1.64. The van der Waals surface area contributed by atoms with Gasteiger partial charge in [-0.15, -0.1) is 0 Å². The number of ketones is 1. The molecule has 0 aliphatic heterocycles. The van der Waals surface area contributed by atoms with Gasteiger partial charge in [0.15, 0.2) is 11.4 Å². The van der Waals surface area contributed by atoms with E-state index in [4.69, 9.17) is 0 Å². The molecule has 0 unspecified atom stereocenters. The highest BCUT2D eigenvalue weighted by Gasteiger charge is 2.43. The van der Waals surface area contributed by atoms with Gasteiger partial charge in [0.25, 0.3) is 0 Å². The number of aryl methyl sites for hydroxylation is 1. The first-order valence-electron chi connectivity index (χ1n) is 5.31. The summed E-state index contributed by atoms with van der Waals surface area (Å²) in [6.07, 6.45) is 1.28. The second-order valence-electron chi connectivity index (χ2n) is 4.26. The lowest BCUT2D eigenvalue weighted by Gasteiger charge is -2.28. The van der Waals surface area contributed by atoms with E-state index in [2.05, 4.69) is 5.10 Å². The number of nitro groups is 1. The van der Waals surface area contributed by atoms with Gasteiger partial charge in [-0.25, -0.2) is 4.39 Å². The maximum absolute atomic E-state index is 14.7.